The fourth-order valence-corrected chi connectivity index (χ4v) is 3.73. The maximum atomic E-state index is 4.56. The molecule has 1 saturated heterocycles. The van der Waals surface area contributed by atoms with Gasteiger partial charge in [0.15, 0.2) is 0 Å². The van der Waals surface area contributed by atoms with Crippen molar-refractivity contribution in [2.75, 3.05) is 26.2 Å². The second-order valence-corrected chi connectivity index (χ2v) is 7.06. The smallest absolute Gasteiger partial charge is 0.0897 e. The number of aromatic nitrogens is 1. The van der Waals surface area contributed by atoms with Crippen molar-refractivity contribution in [3.63, 3.8) is 0 Å². The Hall–Kier alpha value is -0.450. The van der Waals surface area contributed by atoms with E-state index < -0.39 is 0 Å². The van der Waals surface area contributed by atoms with Crippen LogP contribution in [0.4, 0.5) is 0 Å². The van der Waals surface area contributed by atoms with E-state index in [0.717, 1.165) is 25.4 Å². The minimum atomic E-state index is 0.371. The van der Waals surface area contributed by atoms with Crippen molar-refractivity contribution in [2.45, 2.75) is 38.6 Å². The largest absolute Gasteiger partial charge is 0.309 e. The van der Waals surface area contributed by atoms with Crippen molar-refractivity contribution in [1.29, 1.82) is 0 Å². The molecule has 2 fully saturated rings. The van der Waals surface area contributed by atoms with Crippen LogP contribution in [0.5, 0.6) is 0 Å². The lowest BCUT2D eigenvalue weighted by atomic mass is 9.93. The van der Waals surface area contributed by atoms with Crippen LogP contribution in [0.15, 0.2) is 5.38 Å². The number of aryl methyl sites for hydroxylation is 1. The molecule has 3 nitrogen and oxygen atoms in total. The first-order valence-corrected chi connectivity index (χ1v) is 7.92. The van der Waals surface area contributed by atoms with E-state index in [0.29, 0.717) is 5.54 Å². The van der Waals surface area contributed by atoms with E-state index in [1.165, 1.54) is 36.6 Å². The van der Waals surface area contributed by atoms with Gasteiger partial charge in [0.25, 0.3) is 0 Å². The van der Waals surface area contributed by atoms with E-state index in [9.17, 15) is 0 Å². The molecule has 100 valence electrons. The molecule has 1 aromatic rings. The number of hydrogen-bond acceptors (Lipinski definition) is 4. The predicted octanol–water partition coefficient (Wildman–Crippen LogP) is 2.07. The highest BCUT2D eigenvalue weighted by Crippen LogP contribution is 2.40. The minimum Gasteiger partial charge on any atom is -0.309 e. The quantitative estimate of drug-likeness (QED) is 0.903. The third-order valence-corrected chi connectivity index (χ3v) is 5.16. The van der Waals surface area contributed by atoms with Crippen LogP contribution >= 0.6 is 11.3 Å². The van der Waals surface area contributed by atoms with Crippen molar-refractivity contribution in [3.8, 4) is 0 Å². The Morgan fingerprint density at radius 2 is 2.39 bits per heavy atom. The van der Waals surface area contributed by atoms with Crippen molar-refractivity contribution < 1.29 is 0 Å². The lowest BCUT2D eigenvalue weighted by Crippen LogP contribution is -2.60. The molecule has 0 spiro atoms. The molecule has 1 aliphatic carbocycles. The third-order valence-electron chi connectivity index (χ3n) is 4.34. The molecular weight excluding hydrogens is 242 g/mol. The molecule has 1 N–H and O–H groups in total. The van der Waals surface area contributed by atoms with Crippen LogP contribution in [0.25, 0.3) is 0 Å². The van der Waals surface area contributed by atoms with E-state index in [1.807, 2.05) is 0 Å². The Bertz CT molecular complexity index is 413. The molecule has 1 aliphatic heterocycles. The molecular formula is C14H23N3S. The molecule has 0 bridgehead atoms. The molecule has 0 aromatic carbocycles. The standard InChI is InChI=1S/C14H23N3S/c1-11-16-13(9-18-11)5-7-17-8-6-15-14(2,10-17)12-3-4-12/h9,12,15H,3-8,10H2,1-2H3. The molecule has 3 rings (SSSR count). The SMILES string of the molecule is Cc1nc(CCN2CCNC(C)(C3CC3)C2)cs1. The summed E-state index contributed by atoms with van der Waals surface area (Å²) in [5.74, 6) is 0.918. The molecule has 1 aromatic heterocycles. The molecule has 4 heteroatoms. The van der Waals surface area contributed by atoms with Gasteiger partial charge in [-0.1, -0.05) is 0 Å². The Morgan fingerprint density at radius 1 is 1.56 bits per heavy atom. The Balaban J connectivity index is 1.53. The van der Waals surface area contributed by atoms with Gasteiger partial charge in [-0.25, -0.2) is 4.98 Å². The Morgan fingerprint density at radius 3 is 3.06 bits per heavy atom. The van der Waals surface area contributed by atoms with Gasteiger partial charge >= 0.3 is 0 Å². The first kappa shape index (κ1) is 12.6. The first-order chi connectivity index (χ1) is 8.66. The number of thiazole rings is 1. The number of rotatable bonds is 4. The van der Waals surface area contributed by atoms with Gasteiger partial charge < -0.3 is 5.32 Å². The summed E-state index contributed by atoms with van der Waals surface area (Å²) < 4.78 is 0. The summed E-state index contributed by atoms with van der Waals surface area (Å²) in [5, 5.41) is 7.13. The molecule has 1 saturated carbocycles. The van der Waals surface area contributed by atoms with Crippen LogP contribution < -0.4 is 5.32 Å². The van der Waals surface area contributed by atoms with Crippen LogP contribution in [-0.4, -0.2) is 41.6 Å². The first-order valence-electron chi connectivity index (χ1n) is 7.04. The summed E-state index contributed by atoms with van der Waals surface area (Å²) in [4.78, 5) is 7.17. The van der Waals surface area contributed by atoms with Crippen LogP contribution in [0.3, 0.4) is 0 Å². The summed E-state index contributed by atoms with van der Waals surface area (Å²) in [6.45, 7) is 9.19. The average molecular weight is 265 g/mol. The normalized spacial score (nSPS) is 29.7. The number of nitrogens with zero attached hydrogens (tertiary/aromatic N) is 2. The van der Waals surface area contributed by atoms with E-state index in [2.05, 4.69) is 34.4 Å². The summed E-state index contributed by atoms with van der Waals surface area (Å²) >= 11 is 1.76. The number of nitrogens with one attached hydrogen (secondary N) is 1. The van der Waals surface area contributed by atoms with Crippen LogP contribution in [0.1, 0.15) is 30.5 Å². The second kappa shape index (κ2) is 4.91. The third kappa shape index (κ3) is 2.76. The van der Waals surface area contributed by atoms with Crippen molar-refractivity contribution in [2.24, 2.45) is 5.92 Å². The summed E-state index contributed by atoms with van der Waals surface area (Å²) in [5.41, 5.74) is 1.64. The summed E-state index contributed by atoms with van der Waals surface area (Å²) in [6, 6.07) is 0. The molecule has 1 unspecified atom stereocenters. The van der Waals surface area contributed by atoms with E-state index in [4.69, 9.17) is 0 Å². The molecule has 2 heterocycles. The van der Waals surface area contributed by atoms with Crippen molar-refractivity contribution >= 4 is 11.3 Å². The van der Waals surface area contributed by atoms with Crippen LogP contribution in [0, 0.1) is 12.8 Å². The van der Waals surface area contributed by atoms with Crippen LogP contribution in [0.2, 0.25) is 0 Å². The molecule has 0 amide bonds. The Kier molecular flexibility index (Phi) is 3.43. The van der Waals surface area contributed by atoms with Gasteiger partial charge in [0, 0.05) is 43.5 Å². The highest BCUT2D eigenvalue weighted by molar-refractivity contribution is 7.09. The lowest BCUT2D eigenvalue weighted by Gasteiger charge is -2.42. The number of piperazine rings is 1. The highest BCUT2D eigenvalue weighted by atomic mass is 32.1. The maximum Gasteiger partial charge on any atom is 0.0897 e. The van der Waals surface area contributed by atoms with Gasteiger partial charge in [0.05, 0.1) is 10.7 Å². The monoisotopic (exact) mass is 265 g/mol. The lowest BCUT2D eigenvalue weighted by molar-refractivity contribution is 0.128. The van der Waals surface area contributed by atoms with Crippen molar-refractivity contribution in [3.05, 3.63) is 16.1 Å². The number of hydrogen-bond donors (Lipinski definition) is 1. The zero-order chi connectivity index (χ0) is 12.6. The molecule has 0 radical (unpaired) electrons. The maximum absolute atomic E-state index is 4.56. The van der Waals surface area contributed by atoms with Gasteiger partial charge in [-0.3, -0.25) is 4.90 Å². The van der Waals surface area contributed by atoms with Gasteiger partial charge in [0.1, 0.15) is 0 Å². The Labute approximate surface area is 114 Å². The van der Waals surface area contributed by atoms with Gasteiger partial charge in [-0.05, 0) is 32.6 Å². The molecule has 18 heavy (non-hydrogen) atoms. The van der Waals surface area contributed by atoms with E-state index >= 15 is 0 Å². The van der Waals surface area contributed by atoms with Gasteiger partial charge in [0.2, 0.25) is 0 Å². The zero-order valence-corrected chi connectivity index (χ0v) is 12.2. The fourth-order valence-electron chi connectivity index (χ4n) is 3.08. The molecule has 2 aliphatic rings. The van der Waals surface area contributed by atoms with E-state index in [-0.39, 0.29) is 0 Å². The topological polar surface area (TPSA) is 28.2 Å². The zero-order valence-electron chi connectivity index (χ0n) is 11.4. The summed E-state index contributed by atoms with van der Waals surface area (Å²) in [6.07, 6.45) is 3.94. The van der Waals surface area contributed by atoms with E-state index in [1.54, 1.807) is 11.3 Å². The average Bonchev–Trinajstić information content (AvgIpc) is 3.12. The fraction of sp³-hybridized carbons (Fsp3) is 0.786. The highest BCUT2D eigenvalue weighted by Gasteiger charge is 2.43. The predicted molar refractivity (Wildman–Crippen MR) is 76.1 cm³/mol. The van der Waals surface area contributed by atoms with Gasteiger partial charge in [-0.15, -0.1) is 11.3 Å². The second-order valence-electron chi connectivity index (χ2n) is 6.00. The van der Waals surface area contributed by atoms with Crippen molar-refractivity contribution in [1.82, 2.24) is 15.2 Å². The summed E-state index contributed by atoms with van der Waals surface area (Å²) in [7, 11) is 0. The minimum absolute atomic E-state index is 0.371. The molecule has 1 atom stereocenters. The van der Waals surface area contributed by atoms with Crippen LogP contribution in [-0.2, 0) is 6.42 Å². The van der Waals surface area contributed by atoms with Gasteiger partial charge in [-0.2, -0.15) is 0 Å².